The van der Waals surface area contributed by atoms with Crippen LogP contribution < -0.4 is 0 Å². The lowest BCUT2D eigenvalue weighted by Gasteiger charge is -2.28. The second kappa shape index (κ2) is 6.88. The SMILES string of the molecule is Fc1ccc(Cl)c(CN(CCBr)C2CCCC2)c1. The van der Waals surface area contributed by atoms with Gasteiger partial charge in [0.1, 0.15) is 5.82 Å². The number of halogens is 3. The van der Waals surface area contributed by atoms with Gasteiger partial charge in [-0.1, -0.05) is 40.4 Å². The van der Waals surface area contributed by atoms with Crippen LogP contribution in [0.15, 0.2) is 18.2 Å². The van der Waals surface area contributed by atoms with Gasteiger partial charge in [-0.05, 0) is 36.6 Å². The lowest BCUT2D eigenvalue weighted by molar-refractivity contribution is 0.202. The summed E-state index contributed by atoms with van der Waals surface area (Å²) in [6.07, 6.45) is 5.11. The topological polar surface area (TPSA) is 3.24 Å². The lowest BCUT2D eigenvalue weighted by Crippen LogP contribution is -2.34. The van der Waals surface area contributed by atoms with Gasteiger partial charge in [-0.15, -0.1) is 0 Å². The summed E-state index contributed by atoms with van der Waals surface area (Å²) in [5, 5.41) is 1.60. The minimum absolute atomic E-state index is 0.209. The van der Waals surface area contributed by atoms with E-state index in [9.17, 15) is 4.39 Å². The fraction of sp³-hybridized carbons (Fsp3) is 0.571. The van der Waals surface area contributed by atoms with Crippen molar-refractivity contribution in [1.29, 1.82) is 0 Å². The first-order valence-electron chi connectivity index (χ1n) is 6.44. The molecule has 0 amide bonds. The van der Waals surface area contributed by atoms with E-state index in [1.807, 2.05) is 0 Å². The molecule has 18 heavy (non-hydrogen) atoms. The second-order valence-electron chi connectivity index (χ2n) is 4.83. The first-order chi connectivity index (χ1) is 8.70. The summed E-state index contributed by atoms with van der Waals surface area (Å²) in [5.41, 5.74) is 0.893. The first-order valence-corrected chi connectivity index (χ1v) is 7.94. The number of rotatable bonds is 5. The van der Waals surface area contributed by atoms with Gasteiger partial charge in [0.2, 0.25) is 0 Å². The van der Waals surface area contributed by atoms with Crippen molar-refractivity contribution in [2.24, 2.45) is 0 Å². The van der Waals surface area contributed by atoms with Crippen molar-refractivity contribution >= 4 is 27.5 Å². The summed E-state index contributed by atoms with van der Waals surface area (Å²) in [7, 11) is 0. The molecule has 0 radical (unpaired) electrons. The van der Waals surface area contributed by atoms with Gasteiger partial charge in [-0.25, -0.2) is 4.39 Å². The molecule has 0 bridgehead atoms. The van der Waals surface area contributed by atoms with E-state index in [2.05, 4.69) is 20.8 Å². The molecule has 0 heterocycles. The van der Waals surface area contributed by atoms with E-state index in [1.165, 1.54) is 31.7 Å². The summed E-state index contributed by atoms with van der Waals surface area (Å²) in [4.78, 5) is 2.42. The van der Waals surface area contributed by atoms with Crippen molar-refractivity contribution in [2.45, 2.75) is 38.3 Å². The Balaban J connectivity index is 2.09. The van der Waals surface area contributed by atoms with Crippen LogP contribution in [0.3, 0.4) is 0 Å². The Morgan fingerprint density at radius 1 is 1.33 bits per heavy atom. The molecule has 0 saturated heterocycles. The van der Waals surface area contributed by atoms with Gasteiger partial charge in [-0.3, -0.25) is 4.90 Å². The third kappa shape index (κ3) is 3.69. The largest absolute Gasteiger partial charge is 0.295 e. The fourth-order valence-corrected chi connectivity index (χ4v) is 3.28. The summed E-state index contributed by atoms with van der Waals surface area (Å²) in [6, 6.07) is 5.24. The molecular formula is C14H18BrClFN. The molecule has 4 heteroatoms. The summed E-state index contributed by atoms with van der Waals surface area (Å²) in [5.74, 6) is -0.209. The van der Waals surface area contributed by atoms with Crippen LogP contribution in [0.2, 0.25) is 5.02 Å². The normalized spacial score (nSPS) is 16.7. The lowest BCUT2D eigenvalue weighted by atomic mass is 10.1. The van der Waals surface area contributed by atoms with Crippen molar-refractivity contribution < 1.29 is 4.39 Å². The van der Waals surface area contributed by atoms with Gasteiger partial charge < -0.3 is 0 Å². The van der Waals surface area contributed by atoms with E-state index in [-0.39, 0.29) is 5.82 Å². The van der Waals surface area contributed by atoms with E-state index in [4.69, 9.17) is 11.6 Å². The monoisotopic (exact) mass is 333 g/mol. The fourth-order valence-electron chi connectivity index (χ4n) is 2.65. The third-order valence-corrected chi connectivity index (χ3v) is 4.32. The molecule has 0 spiro atoms. The Morgan fingerprint density at radius 3 is 2.72 bits per heavy atom. The molecule has 2 rings (SSSR count). The highest BCUT2D eigenvalue weighted by Crippen LogP contribution is 2.27. The molecular weight excluding hydrogens is 317 g/mol. The first kappa shape index (κ1) is 14.3. The van der Waals surface area contributed by atoms with Crippen molar-refractivity contribution in [3.05, 3.63) is 34.6 Å². The van der Waals surface area contributed by atoms with E-state index in [1.54, 1.807) is 12.1 Å². The molecule has 0 N–H and O–H groups in total. The molecule has 0 atom stereocenters. The van der Waals surface area contributed by atoms with Gasteiger partial charge in [0.25, 0.3) is 0 Å². The number of benzene rings is 1. The van der Waals surface area contributed by atoms with Gasteiger partial charge in [-0.2, -0.15) is 0 Å². The van der Waals surface area contributed by atoms with Crippen LogP contribution in [0.5, 0.6) is 0 Å². The maximum atomic E-state index is 13.3. The van der Waals surface area contributed by atoms with Gasteiger partial charge >= 0.3 is 0 Å². The standard InChI is InChI=1S/C14H18BrClFN/c15-7-8-18(13-3-1-2-4-13)10-11-9-12(17)5-6-14(11)16/h5-6,9,13H,1-4,7-8,10H2. The number of nitrogens with zero attached hydrogens (tertiary/aromatic N) is 1. The maximum Gasteiger partial charge on any atom is 0.123 e. The molecule has 1 aromatic carbocycles. The van der Waals surface area contributed by atoms with Gasteiger partial charge in [0.05, 0.1) is 0 Å². The molecule has 1 aromatic rings. The average molecular weight is 335 g/mol. The molecule has 1 aliphatic rings. The van der Waals surface area contributed by atoms with Crippen LogP contribution in [-0.4, -0.2) is 22.8 Å². The Kier molecular flexibility index (Phi) is 5.46. The van der Waals surface area contributed by atoms with Crippen LogP contribution in [0.1, 0.15) is 31.2 Å². The van der Waals surface area contributed by atoms with Crippen molar-refractivity contribution in [3.8, 4) is 0 Å². The van der Waals surface area contributed by atoms with Crippen molar-refractivity contribution in [1.82, 2.24) is 4.90 Å². The minimum atomic E-state index is -0.209. The van der Waals surface area contributed by atoms with Crippen LogP contribution in [-0.2, 0) is 6.54 Å². The molecule has 0 aliphatic heterocycles. The second-order valence-corrected chi connectivity index (χ2v) is 6.03. The van der Waals surface area contributed by atoms with Crippen LogP contribution in [0.25, 0.3) is 0 Å². The van der Waals surface area contributed by atoms with Gasteiger partial charge in [0, 0.05) is 29.5 Å². The Bertz CT molecular complexity index is 393. The molecule has 100 valence electrons. The summed E-state index contributed by atoms with van der Waals surface area (Å²) < 4.78 is 13.3. The molecule has 1 saturated carbocycles. The zero-order chi connectivity index (χ0) is 13.0. The number of hydrogen-bond acceptors (Lipinski definition) is 1. The highest BCUT2D eigenvalue weighted by molar-refractivity contribution is 9.09. The van der Waals surface area contributed by atoms with Crippen LogP contribution in [0.4, 0.5) is 4.39 Å². The summed E-state index contributed by atoms with van der Waals surface area (Å²) in [6.45, 7) is 1.73. The third-order valence-electron chi connectivity index (χ3n) is 3.59. The average Bonchev–Trinajstić information content (AvgIpc) is 2.87. The Hall–Kier alpha value is -0.120. The van der Waals surface area contributed by atoms with E-state index >= 15 is 0 Å². The highest BCUT2D eigenvalue weighted by atomic mass is 79.9. The zero-order valence-corrected chi connectivity index (χ0v) is 12.7. The van der Waals surface area contributed by atoms with Crippen LogP contribution in [0, 0.1) is 5.82 Å². The quantitative estimate of drug-likeness (QED) is 0.710. The van der Waals surface area contributed by atoms with E-state index in [0.29, 0.717) is 11.1 Å². The predicted octanol–water partition coefficient (Wildman–Crippen LogP) is 4.62. The number of alkyl halides is 1. The molecule has 0 unspecified atom stereocenters. The number of hydrogen-bond donors (Lipinski definition) is 0. The highest BCUT2D eigenvalue weighted by Gasteiger charge is 2.22. The van der Waals surface area contributed by atoms with E-state index < -0.39 is 0 Å². The van der Waals surface area contributed by atoms with Gasteiger partial charge in [0.15, 0.2) is 0 Å². The Morgan fingerprint density at radius 2 is 2.06 bits per heavy atom. The van der Waals surface area contributed by atoms with Crippen molar-refractivity contribution in [2.75, 3.05) is 11.9 Å². The Labute approximate surface area is 121 Å². The molecule has 0 aromatic heterocycles. The predicted molar refractivity (Wildman–Crippen MR) is 77.9 cm³/mol. The molecule has 1 aliphatic carbocycles. The van der Waals surface area contributed by atoms with E-state index in [0.717, 1.165) is 24.0 Å². The maximum absolute atomic E-state index is 13.3. The summed E-state index contributed by atoms with van der Waals surface area (Å²) >= 11 is 9.64. The zero-order valence-electron chi connectivity index (χ0n) is 10.3. The van der Waals surface area contributed by atoms with Crippen molar-refractivity contribution in [3.63, 3.8) is 0 Å². The molecule has 1 nitrogen and oxygen atoms in total. The minimum Gasteiger partial charge on any atom is -0.295 e. The van der Waals surface area contributed by atoms with Crippen LogP contribution >= 0.6 is 27.5 Å². The molecule has 1 fully saturated rings. The smallest absolute Gasteiger partial charge is 0.123 e.